The summed E-state index contributed by atoms with van der Waals surface area (Å²) < 4.78 is 0. The fourth-order valence-corrected chi connectivity index (χ4v) is 4.86. The first-order valence-electron chi connectivity index (χ1n) is 11.9. The van der Waals surface area contributed by atoms with E-state index in [2.05, 4.69) is 4.90 Å². The van der Waals surface area contributed by atoms with Crippen molar-refractivity contribution < 1.29 is 24.9 Å². The van der Waals surface area contributed by atoms with Crippen LogP contribution in [0, 0.1) is 0 Å². The van der Waals surface area contributed by atoms with Crippen LogP contribution in [0.15, 0.2) is 60.7 Å². The van der Waals surface area contributed by atoms with E-state index >= 15 is 0 Å². The number of carbonyl (C=O) groups is 2. The minimum atomic E-state index is -0.555. The maximum absolute atomic E-state index is 13.7. The van der Waals surface area contributed by atoms with Crippen molar-refractivity contribution >= 4 is 17.4 Å². The molecule has 1 aliphatic heterocycles. The Kier molecular flexibility index (Phi) is 6.96. The van der Waals surface area contributed by atoms with Gasteiger partial charge in [0.1, 0.15) is 17.2 Å². The molecule has 1 saturated heterocycles. The summed E-state index contributed by atoms with van der Waals surface area (Å²) in [5.41, 5.74) is 2.34. The van der Waals surface area contributed by atoms with Gasteiger partial charge in [-0.05, 0) is 53.9 Å². The van der Waals surface area contributed by atoms with Crippen LogP contribution in [0.1, 0.15) is 53.4 Å². The third-order valence-electron chi connectivity index (χ3n) is 6.60. The van der Waals surface area contributed by atoms with Crippen molar-refractivity contribution in [3.8, 4) is 17.2 Å². The Labute approximate surface area is 204 Å². The molecule has 4 rings (SSSR count). The highest BCUT2D eigenvalue weighted by atomic mass is 16.3. The molecule has 1 amide bonds. The number of hydrogen-bond acceptors (Lipinski definition) is 6. The van der Waals surface area contributed by atoms with Crippen LogP contribution in [0.5, 0.6) is 17.2 Å². The zero-order valence-corrected chi connectivity index (χ0v) is 19.9. The van der Waals surface area contributed by atoms with E-state index in [0.717, 1.165) is 5.69 Å². The number of aromatic hydroxyl groups is 3. The van der Waals surface area contributed by atoms with Crippen molar-refractivity contribution in [3.63, 3.8) is 0 Å². The molecule has 1 aliphatic rings. The molecule has 0 spiro atoms. The van der Waals surface area contributed by atoms with Gasteiger partial charge in [0.15, 0.2) is 5.78 Å². The lowest BCUT2D eigenvalue weighted by Gasteiger charge is -2.44. The lowest BCUT2D eigenvalue weighted by molar-refractivity contribution is -0.133. The van der Waals surface area contributed by atoms with E-state index in [1.165, 1.54) is 30.3 Å². The van der Waals surface area contributed by atoms with Crippen molar-refractivity contribution in [1.29, 1.82) is 0 Å². The molecular weight excluding hydrogens is 444 g/mol. The maximum atomic E-state index is 13.7. The van der Waals surface area contributed by atoms with Gasteiger partial charge in [-0.3, -0.25) is 9.59 Å². The molecule has 0 aliphatic carbocycles. The lowest BCUT2D eigenvalue weighted by Crippen LogP contribution is -2.51. The summed E-state index contributed by atoms with van der Waals surface area (Å²) in [5.74, 6) is -0.920. The summed E-state index contributed by atoms with van der Waals surface area (Å²) in [7, 11) is 0. The van der Waals surface area contributed by atoms with Gasteiger partial charge in [0.25, 0.3) is 0 Å². The Morgan fingerprint density at radius 3 is 2.23 bits per heavy atom. The number of piperazine rings is 1. The van der Waals surface area contributed by atoms with E-state index in [-0.39, 0.29) is 34.3 Å². The van der Waals surface area contributed by atoms with E-state index in [1.54, 1.807) is 11.8 Å². The molecule has 7 heteroatoms. The zero-order chi connectivity index (χ0) is 25.1. The largest absolute Gasteiger partial charge is 0.508 e. The summed E-state index contributed by atoms with van der Waals surface area (Å²) in [5, 5.41) is 31.3. The van der Waals surface area contributed by atoms with Crippen LogP contribution < -0.4 is 4.90 Å². The quantitative estimate of drug-likeness (QED) is 0.458. The number of amides is 1. The Morgan fingerprint density at radius 1 is 0.914 bits per heavy atom. The van der Waals surface area contributed by atoms with Crippen molar-refractivity contribution in [1.82, 2.24) is 4.90 Å². The van der Waals surface area contributed by atoms with Crippen molar-refractivity contribution in [3.05, 3.63) is 82.9 Å². The van der Waals surface area contributed by atoms with Gasteiger partial charge in [0.2, 0.25) is 5.91 Å². The molecule has 0 radical (unpaired) electrons. The first-order valence-corrected chi connectivity index (χ1v) is 11.9. The summed E-state index contributed by atoms with van der Waals surface area (Å²) in [6, 6.07) is 16.3. The van der Waals surface area contributed by atoms with Crippen LogP contribution in [0.4, 0.5) is 5.69 Å². The number of phenolic OH excluding ortho intramolecular Hbond substituents is 3. The number of benzene rings is 3. The zero-order valence-electron chi connectivity index (χ0n) is 19.9. The van der Waals surface area contributed by atoms with Crippen molar-refractivity contribution in [2.45, 2.75) is 32.7 Å². The fourth-order valence-electron chi connectivity index (χ4n) is 4.86. The summed E-state index contributed by atoms with van der Waals surface area (Å²) in [6.07, 6.45) is 0.711. The van der Waals surface area contributed by atoms with Crippen LogP contribution in [0.3, 0.4) is 0 Å². The average molecular weight is 475 g/mol. The lowest BCUT2D eigenvalue weighted by atomic mass is 9.86. The molecule has 7 nitrogen and oxygen atoms in total. The summed E-state index contributed by atoms with van der Waals surface area (Å²) >= 11 is 0. The number of anilines is 1. The van der Waals surface area contributed by atoms with E-state index in [9.17, 15) is 24.9 Å². The molecule has 0 aromatic heterocycles. The van der Waals surface area contributed by atoms with Gasteiger partial charge < -0.3 is 25.1 Å². The SMILES string of the molecule is CCC(=O)N1CCN(c2ccccc2)CC1c1c(CC)c(O)cc(O)c1C(=O)c1ccc(O)cc1. The first kappa shape index (κ1) is 24.1. The molecule has 182 valence electrons. The van der Waals surface area contributed by atoms with Crippen molar-refractivity contribution in [2.75, 3.05) is 24.5 Å². The highest BCUT2D eigenvalue weighted by molar-refractivity contribution is 6.12. The normalized spacial score (nSPS) is 15.8. The Bertz CT molecular complexity index is 1220. The second-order valence-corrected chi connectivity index (χ2v) is 8.65. The van der Waals surface area contributed by atoms with Crippen LogP contribution in [0.25, 0.3) is 0 Å². The molecule has 3 N–H and O–H groups in total. The molecule has 1 unspecified atom stereocenters. The number of hydrogen-bond donors (Lipinski definition) is 3. The number of carbonyl (C=O) groups excluding carboxylic acids is 2. The monoisotopic (exact) mass is 474 g/mol. The molecule has 0 saturated carbocycles. The molecular formula is C28H30N2O5. The van der Waals surface area contributed by atoms with Gasteiger partial charge in [-0.25, -0.2) is 0 Å². The van der Waals surface area contributed by atoms with Crippen LogP contribution >= 0.6 is 0 Å². The molecule has 35 heavy (non-hydrogen) atoms. The van der Waals surface area contributed by atoms with Gasteiger partial charge >= 0.3 is 0 Å². The fraction of sp³-hybridized carbons (Fsp3) is 0.286. The maximum Gasteiger partial charge on any atom is 0.222 e. The number of rotatable bonds is 6. The minimum absolute atomic E-state index is 0.0245. The standard InChI is InChI=1S/C28H30N2O5/c1-3-21-23(32)16-24(33)27(28(35)18-10-12-20(31)13-11-18)26(21)22-17-29(19-8-6-5-7-9-19)14-15-30(22)25(34)4-2/h5-13,16,22,31-33H,3-4,14-15,17H2,1-2H3. The number of ketones is 1. The van der Waals surface area contributed by atoms with E-state index in [1.807, 2.05) is 37.3 Å². The third kappa shape index (κ3) is 4.67. The summed E-state index contributed by atoms with van der Waals surface area (Å²) in [6.45, 7) is 5.14. The van der Waals surface area contributed by atoms with Crippen LogP contribution in [0.2, 0.25) is 0 Å². The number of para-hydroxylation sites is 1. The second-order valence-electron chi connectivity index (χ2n) is 8.65. The minimum Gasteiger partial charge on any atom is -0.508 e. The Hall–Kier alpha value is -4.00. The van der Waals surface area contributed by atoms with Gasteiger partial charge in [-0.1, -0.05) is 32.0 Å². The number of nitrogens with zero attached hydrogens (tertiary/aromatic N) is 2. The molecule has 1 heterocycles. The summed E-state index contributed by atoms with van der Waals surface area (Å²) in [4.78, 5) is 30.6. The van der Waals surface area contributed by atoms with E-state index in [0.29, 0.717) is 43.6 Å². The Balaban J connectivity index is 1.90. The first-order chi connectivity index (χ1) is 16.8. The van der Waals surface area contributed by atoms with Crippen LogP contribution in [-0.4, -0.2) is 51.5 Å². The highest BCUT2D eigenvalue weighted by Crippen LogP contribution is 2.41. The highest BCUT2D eigenvalue weighted by Gasteiger charge is 2.37. The third-order valence-corrected chi connectivity index (χ3v) is 6.60. The van der Waals surface area contributed by atoms with Gasteiger partial charge in [0.05, 0.1) is 11.6 Å². The van der Waals surface area contributed by atoms with Gasteiger partial charge in [0, 0.05) is 43.4 Å². The predicted octanol–water partition coefficient (Wildman–Crippen LogP) is 4.40. The average Bonchev–Trinajstić information content (AvgIpc) is 2.88. The molecule has 0 bridgehead atoms. The Morgan fingerprint density at radius 2 is 1.60 bits per heavy atom. The van der Waals surface area contributed by atoms with Crippen molar-refractivity contribution in [2.24, 2.45) is 0 Å². The smallest absolute Gasteiger partial charge is 0.222 e. The molecule has 1 fully saturated rings. The molecule has 3 aromatic carbocycles. The van der Waals surface area contributed by atoms with Gasteiger partial charge in [-0.15, -0.1) is 0 Å². The predicted molar refractivity (Wildman–Crippen MR) is 134 cm³/mol. The van der Waals surface area contributed by atoms with Gasteiger partial charge in [-0.2, -0.15) is 0 Å². The van der Waals surface area contributed by atoms with E-state index in [4.69, 9.17) is 0 Å². The topological polar surface area (TPSA) is 101 Å². The molecule has 1 atom stereocenters. The molecule has 3 aromatic rings. The van der Waals surface area contributed by atoms with Crippen LogP contribution in [-0.2, 0) is 11.2 Å². The number of phenols is 3. The second kappa shape index (κ2) is 10.1. The van der Waals surface area contributed by atoms with E-state index < -0.39 is 11.8 Å².